The number of rotatable bonds is 0. The number of hydrogen-bond donors (Lipinski definition) is 1. The average molecular weight is 331 g/mol. The molecule has 5 rings (SSSR count). The van der Waals surface area contributed by atoms with E-state index in [9.17, 15) is 14.4 Å². The number of carbonyl (C=O) groups is 3. The fourth-order valence-electron chi connectivity index (χ4n) is 7.00. The monoisotopic (exact) mass is 331 g/mol. The number of amides is 2. The molecular weight excluding hydrogens is 306 g/mol. The number of hydrogen-bond acceptors (Lipinski definition) is 4. The highest BCUT2D eigenvalue weighted by atomic mass is 16.6. The third-order valence-corrected chi connectivity index (χ3v) is 8.52. The second-order valence-electron chi connectivity index (χ2n) is 9.22. The molecule has 0 bridgehead atoms. The highest BCUT2D eigenvalue weighted by Crippen LogP contribution is 2.71. The van der Waals surface area contributed by atoms with E-state index < -0.39 is 5.41 Å². The van der Waals surface area contributed by atoms with Gasteiger partial charge < -0.3 is 4.74 Å². The molecule has 2 saturated heterocycles. The lowest BCUT2D eigenvalue weighted by molar-refractivity contribution is -0.163. The van der Waals surface area contributed by atoms with Crippen LogP contribution in [0.15, 0.2) is 0 Å². The summed E-state index contributed by atoms with van der Waals surface area (Å²) >= 11 is 0. The van der Waals surface area contributed by atoms with Crippen molar-refractivity contribution in [2.75, 3.05) is 0 Å². The highest BCUT2D eigenvalue weighted by molar-refractivity contribution is 6.01. The van der Waals surface area contributed by atoms with Crippen LogP contribution in [0.2, 0.25) is 0 Å². The van der Waals surface area contributed by atoms with Crippen LogP contribution in [0.3, 0.4) is 0 Å². The van der Waals surface area contributed by atoms with Crippen molar-refractivity contribution in [1.82, 2.24) is 5.32 Å². The van der Waals surface area contributed by atoms with Gasteiger partial charge in [-0.1, -0.05) is 13.8 Å². The Morgan fingerprint density at radius 2 is 1.83 bits per heavy atom. The summed E-state index contributed by atoms with van der Waals surface area (Å²) in [5.41, 5.74) is -0.630. The van der Waals surface area contributed by atoms with Gasteiger partial charge in [0.2, 0.25) is 11.8 Å². The number of piperidine rings is 1. The first-order valence-corrected chi connectivity index (χ1v) is 9.37. The molecule has 2 amide bonds. The van der Waals surface area contributed by atoms with Crippen molar-refractivity contribution in [1.29, 1.82) is 0 Å². The van der Waals surface area contributed by atoms with E-state index in [0.717, 1.165) is 32.1 Å². The van der Waals surface area contributed by atoms with Crippen molar-refractivity contribution in [3.8, 4) is 0 Å². The fourth-order valence-corrected chi connectivity index (χ4v) is 7.00. The molecule has 5 aliphatic rings. The number of carbonyl (C=O) groups excluding carboxylic acids is 3. The molecule has 0 unspecified atom stereocenters. The van der Waals surface area contributed by atoms with Crippen molar-refractivity contribution >= 4 is 17.6 Å². The van der Waals surface area contributed by atoms with Gasteiger partial charge in [0.15, 0.2) is 5.78 Å². The van der Waals surface area contributed by atoms with E-state index in [2.05, 4.69) is 12.2 Å². The van der Waals surface area contributed by atoms with Gasteiger partial charge in [-0.05, 0) is 49.9 Å². The van der Waals surface area contributed by atoms with Gasteiger partial charge in [-0.25, -0.2) is 0 Å². The number of fused-ring (bicyclic) bond motifs is 4. The normalized spacial score (nSPS) is 55.7. The van der Waals surface area contributed by atoms with E-state index in [1.54, 1.807) is 0 Å². The summed E-state index contributed by atoms with van der Waals surface area (Å²) in [7, 11) is 0. The van der Waals surface area contributed by atoms with Crippen LogP contribution in [-0.2, 0) is 19.1 Å². The smallest absolute Gasteiger partial charge is 0.232 e. The molecule has 1 N–H and O–H groups in total. The van der Waals surface area contributed by atoms with E-state index in [1.807, 2.05) is 6.92 Å². The number of ether oxygens (including phenoxy) is 1. The molecule has 0 aromatic rings. The van der Waals surface area contributed by atoms with E-state index in [4.69, 9.17) is 4.74 Å². The first-order valence-electron chi connectivity index (χ1n) is 9.37. The largest absolute Gasteiger partial charge is 0.357 e. The van der Waals surface area contributed by atoms with Crippen molar-refractivity contribution in [3.63, 3.8) is 0 Å². The number of Topliss-reactive ketones (excluding diaryl/α,β-unsaturated/α-hetero) is 1. The van der Waals surface area contributed by atoms with Crippen molar-refractivity contribution in [2.45, 2.75) is 70.5 Å². The second kappa shape index (κ2) is 4.29. The molecule has 3 aliphatic carbocycles. The molecule has 24 heavy (non-hydrogen) atoms. The zero-order valence-corrected chi connectivity index (χ0v) is 14.4. The average Bonchev–Trinajstić information content (AvgIpc) is 3.27. The lowest BCUT2D eigenvalue weighted by Gasteiger charge is -2.60. The van der Waals surface area contributed by atoms with Gasteiger partial charge in [-0.3, -0.25) is 19.7 Å². The van der Waals surface area contributed by atoms with Gasteiger partial charge in [0.1, 0.15) is 11.7 Å². The summed E-state index contributed by atoms with van der Waals surface area (Å²) in [4.78, 5) is 36.7. The van der Waals surface area contributed by atoms with Crippen LogP contribution < -0.4 is 5.32 Å². The molecular formula is C19H25NO4. The summed E-state index contributed by atoms with van der Waals surface area (Å²) < 4.78 is 6.04. The van der Waals surface area contributed by atoms with Crippen LogP contribution in [0.5, 0.6) is 0 Å². The maximum Gasteiger partial charge on any atom is 0.232 e. The predicted octanol–water partition coefficient (Wildman–Crippen LogP) is 1.98. The second-order valence-corrected chi connectivity index (χ2v) is 9.22. The quantitative estimate of drug-likeness (QED) is 0.544. The summed E-state index contributed by atoms with van der Waals surface area (Å²) in [5, 5.41) is 2.55. The maximum atomic E-state index is 12.5. The molecule has 2 aliphatic heterocycles. The Labute approximate surface area is 141 Å². The molecule has 0 radical (unpaired) electrons. The maximum absolute atomic E-state index is 12.5. The zero-order valence-electron chi connectivity index (χ0n) is 14.4. The third-order valence-electron chi connectivity index (χ3n) is 8.52. The van der Waals surface area contributed by atoms with Crippen LogP contribution in [0.4, 0.5) is 0 Å². The van der Waals surface area contributed by atoms with Crippen molar-refractivity contribution in [3.05, 3.63) is 0 Å². The summed E-state index contributed by atoms with van der Waals surface area (Å²) in [6.45, 7) is 4.35. The SMILES string of the molecule is C[C@]12CC[C@H]3[C@@H](CC[C@]45O[C@H]4C(=O)CC[C@]35C)[C@@H]1CC(=O)NC2=O. The summed E-state index contributed by atoms with van der Waals surface area (Å²) in [6, 6.07) is 0. The Morgan fingerprint density at radius 3 is 2.62 bits per heavy atom. The lowest BCUT2D eigenvalue weighted by Crippen LogP contribution is -2.63. The third kappa shape index (κ3) is 1.53. The molecule has 5 fully saturated rings. The Bertz CT molecular complexity index is 674. The molecule has 2 heterocycles. The van der Waals surface area contributed by atoms with Crippen LogP contribution in [0.25, 0.3) is 0 Å². The molecule has 7 atom stereocenters. The number of imide groups is 1. The molecule has 130 valence electrons. The minimum atomic E-state index is -0.412. The summed E-state index contributed by atoms with van der Waals surface area (Å²) in [6.07, 6.45) is 5.52. The standard InChI is InChI=1S/C19H25NO4/c1-17-6-4-11-10(12(17)9-14(22)20-16(17)23)3-8-19-15(24-19)13(21)5-7-18(11,19)2/h10-12,15H,3-9H2,1-2H3,(H,20,22,23)/t10-,11+,12+,15+,17+,18-,19+/m1/s1. The fraction of sp³-hybridized carbons (Fsp3) is 0.842. The molecule has 5 nitrogen and oxygen atoms in total. The van der Waals surface area contributed by atoms with Gasteiger partial charge in [-0.15, -0.1) is 0 Å². The summed E-state index contributed by atoms with van der Waals surface area (Å²) in [5.74, 6) is 1.08. The number of ketones is 1. The van der Waals surface area contributed by atoms with Crippen LogP contribution in [0, 0.1) is 28.6 Å². The van der Waals surface area contributed by atoms with Crippen LogP contribution in [0.1, 0.15) is 58.8 Å². The Morgan fingerprint density at radius 1 is 1.04 bits per heavy atom. The van der Waals surface area contributed by atoms with Crippen molar-refractivity contribution in [2.24, 2.45) is 28.6 Å². The first-order chi connectivity index (χ1) is 11.3. The van der Waals surface area contributed by atoms with E-state index in [-0.39, 0.29) is 40.6 Å². The molecule has 1 spiro atoms. The first kappa shape index (κ1) is 15.1. The van der Waals surface area contributed by atoms with E-state index in [0.29, 0.717) is 24.7 Å². The zero-order chi connectivity index (χ0) is 16.9. The highest BCUT2D eigenvalue weighted by Gasteiger charge is 2.76. The van der Waals surface area contributed by atoms with Crippen LogP contribution >= 0.6 is 0 Å². The molecule has 0 aromatic heterocycles. The van der Waals surface area contributed by atoms with E-state index in [1.165, 1.54) is 0 Å². The molecule has 0 aromatic carbocycles. The van der Waals surface area contributed by atoms with E-state index >= 15 is 0 Å². The Balaban J connectivity index is 1.52. The van der Waals surface area contributed by atoms with Crippen molar-refractivity contribution < 1.29 is 19.1 Å². The van der Waals surface area contributed by atoms with Gasteiger partial charge in [-0.2, -0.15) is 0 Å². The van der Waals surface area contributed by atoms with Crippen LogP contribution in [-0.4, -0.2) is 29.3 Å². The minimum Gasteiger partial charge on any atom is -0.357 e. The van der Waals surface area contributed by atoms with Gasteiger partial charge >= 0.3 is 0 Å². The van der Waals surface area contributed by atoms with Gasteiger partial charge in [0.25, 0.3) is 0 Å². The number of nitrogens with one attached hydrogen (secondary N) is 1. The lowest BCUT2D eigenvalue weighted by atomic mass is 9.43. The van der Waals surface area contributed by atoms with Gasteiger partial charge in [0.05, 0.1) is 5.41 Å². The Kier molecular flexibility index (Phi) is 2.69. The molecule has 3 saturated carbocycles. The Hall–Kier alpha value is -1.23. The number of epoxide rings is 1. The molecule has 5 heteroatoms. The minimum absolute atomic E-state index is 0.0206. The topological polar surface area (TPSA) is 75.8 Å². The predicted molar refractivity (Wildman–Crippen MR) is 84.8 cm³/mol. The van der Waals surface area contributed by atoms with Gasteiger partial charge in [0, 0.05) is 18.3 Å².